The Morgan fingerprint density at radius 3 is 2.88 bits per heavy atom. The largest absolute Gasteiger partial charge is 0.379 e. The minimum Gasteiger partial charge on any atom is -0.379 e. The van der Waals surface area contributed by atoms with Crippen molar-refractivity contribution in [3.05, 3.63) is 29.6 Å². The zero-order chi connectivity index (χ0) is 11.9. The average molecular weight is 231 g/mol. The molecule has 90 valence electrons. The fraction of sp³-hybridized carbons (Fsp3) is 0.462. The van der Waals surface area contributed by atoms with Crippen molar-refractivity contribution in [1.29, 1.82) is 0 Å². The molecule has 0 radical (unpaired) electrons. The van der Waals surface area contributed by atoms with Gasteiger partial charge in [-0.05, 0) is 17.7 Å². The summed E-state index contributed by atoms with van der Waals surface area (Å²) in [5, 5.41) is 0. The normalized spacial score (nSPS) is 18.2. The van der Waals surface area contributed by atoms with Crippen LogP contribution in [0, 0.1) is 0 Å². The van der Waals surface area contributed by atoms with E-state index in [1.807, 2.05) is 0 Å². The van der Waals surface area contributed by atoms with E-state index >= 15 is 0 Å². The van der Waals surface area contributed by atoms with Gasteiger partial charge in [-0.25, -0.2) is 4.98 Å². The molecule has 1 aliphatic rings. The molecule has 3 N–H and O–H groups in total. The highest BCUT2D eigenvalue weighted by atomic mass is 16.5. The first-order valence-corrected chi connectivity index (χ1v) is 6.04. The summed E-state index contributed by atoms with van der Waals surface area (Å²) < 4.78 is 5.32. The molecular weight excluding hydrogens is 214 g/mol. The van der Waals surface area contributed by atoms with Crippen LogP contribution in [0.4, 0.5) is 0 Å². The van der Waals surface area contributed by atoms with E-state index in [1.54, 1.807) is 0 Å². The third kappa shape index (κ3) is 1.56. The Morgan fingerprint density at radius 1 is 1.47 bits per heavy atom. The molecular formula is C13H17N3O. The van der Waals surface area contributed by atoms with E-state index in [0.717, 1.165) is 36.5 Å². The number of aromatic amines is 1. The van der Waals surface area contributed by atoms with Crippen LogP contribution in [0.5, 0.6) is 0 Å². The highest BCUT2D eigenvalue weighted by Crippen LogP contribution is 2.32. The molecule has 1 aromatic heterocycles. The fourth-order valence-corrected chi connectivity index (χ4v) is 2.31. The second kappa shape index (κ2) is 3.82. The number of hydrogen-bond acceptors (Lipinski definition) is 3. The molecule has 1 aromatic carbocycles. The van der Waals surface area contributed by atoms with Crippen LogP contribution < -0.4 is 5.73 Å². The number of H-pyrrole nitrogens is 1. The van der Waals surface area contributed by atoms with Crippen molar-refractivity contribution in [2.24, 2.45) is 5.73 Å². The first-order chi connectivity index (χ1) is 8.27. The molecule has 4 heteroatoms. The van der Waals surface area contributed by atoms with Gasteiger partial charge in [-0.1, -0.05) is 13.0 Å². The Kier molecular flexibility index (Phi) is 2.42. The van der Waals surface area contributed by atoms with Crippen LogP contribution in [-0.4, -0.2) is 29.7 Å². The Hall–Kier alpha value is -1.39. The number of aromatic nitrogens is 2. The summed E-state index contributed by atoms with van der Waals surface area (Å²) in [6.45, 7) is 4.18. The molecule has 0 unspecified atom stereocenters. The molecule has 2 heterocycles. The van der Waals surface area contributed by atoms with Crippen LogP contribution in [-0.2, 0) is 16.6 Å². The van der Waals surface area contributed by atoms with Crippen molar-refractivity contribution in [3.8, 4) is 0 Å². The first kappa shape index (κ1) is 10.7. The second-order valence-electron chi connectivity index (χ2n) is 4.75. The standard InChI is InChI=1S/C13H17N3O/c1-2-12-15-10-4-3-9(5-11(10)16-12)13(6-14)7-17-8-13/h3-5H,2,6-8,14H2,1H3,(H,15,16). The number of hydrogen-bond donors (Lipinski definition) is 2. The summed E-state index contributed by atoms with van der Waals surface area (Å²) in [5.41, 5.74) is 9.27. The van der Waals surface area contributed by atoms with Crippen molar-refractivity contribution in [2.45, 2.75) is 18.8 Å². The van der Waals surface area contributed by atoms with Gasteiger partial charge in [0.15, 0.2) is 0 Å². The predicted molar refractivity (Wildman–Crippen MR) is 67.0 cm³/mol. The number of nitrogens with zero attached hydrogens (tertiary/aromatic N) is 1. The summed E-state index contributed by atoms with van der Waals surface area (Å²) in [4.78, 5) is 7.84. The van der Waals surface area contributed by atoms with E-state index in [0.29, 0.717) is 6.54 Å². The van der Waals surface area contributed by atoms with Gasteiger partial charge in [0.25, 0.3) is 0 Å². The predicted octanol–water partition coefficient (Wildman–Crippen LogP) is 1.35. The molecule has 0 bridgehead atoms. The molecule has 1 fully saturated rings. The Bertz CT molecular complexity index is 537. The summed E-state index contributed by atoms with van der Waals surface area (Å²) >= 11 is 0. The zero-order valence-corrected chi connectivity index (χ0v) is 9.99. The summed E-state index contributed by atoms with van der Waals surface area (Å²) in [6, 6.07) is 6.35. The van der Waals surface area contributed by atoms with Crippen LogP contribution in [0.25, 0.3) is 11.0 Å². The van der Waals surface area contributed by atoms with Gasteiger partial charge >= 0.3 is 0 Å². The number of rotatable bonds is 3. The number of fused-ring (bicyclic) bond motifs is 1. The molecule has 2 aromatic rings. The topological polar surface area (TPSA) is 63.9 Å². The molecule has 1 aliphatic heterocycles. The van der Waals surface area contributed by atoms with Gasteiger partial charge in [-0.2, -0.15) is 0 Å². The summed E-state index contributed by atoms with van der Waals surface area (Å²) in [7, 11) is 0. The van der Waals surface area contributed by atoms with Crippen LogP contribution in [0.2, 0.25) is 0 Å². The summed E-state index contributed by atoms with van der Waals surface area (Å²) in [6.07, 6.45) is 0.926. The number of nitrogens with one attached hydrogen (secondary N) is 1. The van der Waals surface area contributed by atoms with E-state index in [1.165, 1.54) is 5.56 Å². The van der Waals surface area contributed by atoms with Gasteiger partial charge in [-0.15, -0.1) is 0 Å². The number of nitrogens with two attached hydrogens (primary N) is 1. The lowest BCUT2D eigenvalue weighted by atomic mass is 9.78. The first-order valence-electron chi connectivity index (χ1n) is 6.04. The van der Waals surface area contributed by atoms with Gasteiger partial charge in [0.05, 0.1) is 29.7 Å². The number of ether oxygens (including phenoxy) is 1. The van der Waals surface area contributed by atoms with E-state index in [4.69, 9.17) is 10.5 Å². The highest BCUT2D eigenvalue weighted by molar-refractivity contribution is 5.76. The van der Waals surface area contributed by atoms with Crippen molar-refractivity contribution in [2.75, 3.05) is 19.8 Å². The Balaban J connectivity index is 2.06. The molecule has 3 rings (SSSR count). The molecule has 0 saturated carbocycles. The van der Waals surface area contributed by atoms with Crippen molar-refractivity contribution in [3.63, 3.8) is 0 Å². The van der Waals surface area contributed by atoms with E-state index in [-0.39, 0.29) is 5.41 Å². The van der Waals surface area contributed by atoms with Gasteiger partial charge in [0.1, 0.15) is 5.82 Å². The number of aryl methyl sites for hydroxylation is 1. The Morgan fingerprint density at radius 2 is 2.29 bits per heavy atom. The van der Waals surface area contributed by atoms with E-state index in [2.05, 4.69) is 35.1 Å². The molecule has 0 atom stereocenters. The molecule has 4 nitrogen and oxygen atoms in total. The molecule has 17 heavy (non-hydrogen) atoms. The molecule has 0 aliphatic carbocycles. The smallest absolute Gasteiger partial charge is 0.106 e. The van der Waals surface area contributed by atoms with Crippen molar-refractivity contribution < 1.29 is 4.74 Å². The highest BCUT2D eigenvalue weighted by Gasteiger charge is 2.39. The second-order valence-corrected chi connectivity index (χ2v) is 4.75. The van der Waals surface area contributed by atoms with Gasteiger partial charge in [-0.3, -0.25) is 0 Å². The summed E-state index contributed by atoms with van der Waals surface area (Å²) in [5.74, 6) is 1.03. The van der Waals surface area contributed by atoms with Gasteiger partial charge in [0.2, 0.25) is 0 Å². The number of benzene rings is 1. The average Bonchev–Trinajstić information content (AvgIpc) is 2.70. The lowest BCUT2D eigenvalue weighted by Gasteiger charge is -2.41. The maximum absolute atomic E-state index is 5.87. The Labute approximate surface area is 100 Å². The van der Waals surface area contributed by atoms with Crippen LogP contribution in [0.15, 0.2) is 18.2 Å². The van der Waals surface area contributed by atoms with E-state index in [9.17, 15) is 0 Å². The fourth-order valence-electron chi connectivity index (χ4n) is 2.31. The van der Waals surface area contributed by atoms with Crippen LogP contribution >= 0.6 is 0 Å². The lowest BCUT2D eigenvalue weighted by Crippen LogP contribution is -2.52. The van der Waals surface area contributed by atoms with Gasteiger partial charge in [0, 0.05) is 13.0 Å². The number of imidazole rings is 1. The maximum Gasteiger partial charge on any atom is 0.106 e. The SMILES string of the molecule is CCc1nc2ccc(C3(CN)COC3)cc2[nH]1. The van der Waals surface area contributed by atoms with Gasteiger partial charge < -0.3 is 15.5 Å². The third-order valence-electron chi connectivity index (χ3n) is 3.63. The van der Waals surface area contributed by atoms with Crippen LogP contribution in [0.1, 0.15) is 18.3 Å². The lowest BCUT2D eigenvalue weighted by molar-refractivity contribution is -0.0549. The minimum atomic E-state index is 0.0195. The van der Waals surface area contributed by atoms with Crippen LogP contribution in [0.3, 0.4) is 0 Å². The van der Waals surface area contributed by atoms with E-state index < -0.39 is 0 Å². The molecule has 0 amide bonds. The zero-order valence-electron chi connectivity index (χ0n) is 9.99. The minimum absolute atomic E-state index is 0.0195. The maximum atomic E-state index is 5.87. The molecule has 1 saturated heterocycles. The van der Waals surface area contributed by atoms with Crippen molar-refractivity contribution >= 4 is 11.0 Å². The van der Waals surface area contributed by atoms with Crippen molar-refractivity contribution in [1.82, 2.24) is 9.97 Å². The third-order valence-corrected chi connectivity index (χ3v) is 3.63. The quantitative estimate of drug-likeness (QED) is 0.838. The molecule has 0 spiro atoms. The monoisotopic (exact) mass is 231 g/mol.